The minimum absolute atomic E-state index is 0.285. The molecule has 96 valence electrons. The van der Waals surface area contributed by atoms with Crippen LogP contribution in [0.5, 0.6) is 0 Å². The quantitative estimate of drug-likeness (QED) is 0.811. The van der Waals surface area contributed by atoms with E-state index in [0.29, 0.717) is 5.95 Å². The van der Waals surface area contributed by atoms with E-state index in [-0.39, 0.29) is 5.92 Å². The molecule has 0 amide bonds. The number of aromatic nitrogens is 3. The molecule has 0 unspecified atom stereocenters. The SMILES string of the molecule is CCN(CC)CCc1nc(N)nc(C(C)C)n1. The Hall–Kier alpha value is -1.23. The number of likely N-dealkylation sites (N-methyl/N-ethyl adjacent to an activating group) is 1. The van der Waals surface area contributed by atoms with Crippen molar-refractivity contribution in [3.8, 4) is 0 Å². The highest BCUT2D eigenvalue weighted by Gasteiger charge is 2.08. The molecule has 0 fully saturated rings. The van der Waals surface area contributed by atoms with E-state index in [0.717, 1.165) is 37.7 Å². The molecule has 0 radical (unpaired) electrons. The van der Waals surface area contributed by atoms with E-state index >= 15 is 0 Å². The summed E-state index contributed by atoms with van der Waals surface area (Å²) in [5.41, 5.74) is 5.69. The van der Waals surface area contributed by atoms with Gasteiger partial charge < -0.3 is 10.6 Å². The van der Waals surface area contributed by atoms with Gasteiger partial charge >= 0.3 is 0 Å². The zero-order valence-electron chi connectivity index (χ0n) is 11.3. The zero-order chi connectivity index (χ0) is 12.8. The Balaban J connectivity index is 2.70. The molecular formula is C12H23N5. The van der Waals surface area contributed by atoms with Gasteiger partial charge in [-0.1, -0.05) is 27.7 Å². The maximum atomic E-state index is 5.69. The maximum absolute atomic E-state index is 5.69. The van der Waals surface area contributed by atoms with Crippen molar-refractivity contribution in [3.05, 3.63) is 11.6 Å². The van der Waals surface area contributed by atoms with Crippen molar-refractivity contribution in [2.45, 2.75) is 40.0 Å². The molecule has 0 bridgehead atoms. The van der Waals surface area contributed by atoms with Gasteiger partial charge in [0.25, 0.3) is 0 Å². The van der Waals surface area contributed by atoms with E-state index in [1.807, 2.05) is 0 Å². The Morgan fingerprint density at radius 3 is 2.29 bits per heavy atom. The van der Waals surface area contributed by atoms with Crippen LogP contribution < -0.4 is 5.73 Å². The van der Waals surface area contributed by atoms with Crippen LogP contribution in [0.4, 0.5) is 5.95 Å². The van der Waals surface area contributed by atoms with Gasteiger partial charge in [0.2, 0.25) is 5.95 Å². The maximum Gasteiger partial charge on any atom is 0.223 e. The second-order valence-corrected chi connectivity index (χ2v) is 4.40. The summed E-state index contributed by atoms with van der Waals surface area (Å²) in [5.74, 6) is 2.20. The standard InChI is InChI=1S/C12H23N5/c1-5-17(6-2)8-7-10-14-11(9(3)4)16-12(13)15-10/h9H,5-8H2,1-4H3,(H2,13,14,15,16). The summed E-state index contributed by atoms with van der Waals surface area (Å²) in [5, 5.41) is 0. The topological polar surface area (TPSA) is 67.9 Å². The van der Waals surface area contributed by atoms with Gasteiger partial charge in [-0.05, 0) is 13.1 Å². The summed E-state index contributed by atoms with van der Waals surface area (Å²) in [6, 6.07) is 0. The molecule has 0 aliphatic carbocycles. The van der Waals surface area contributed by atoms with Crippen LogP contribution in [-0.2, 0) is 6.42 Å². The highest BCUT2D eigenvalue weighted by Crippen LogP contribution is 2.10. The Morgan fingerprint density at radius 2 is 1.76 bits per heavy atom. The largest absolute Gasteiger partial charge is 0.368 e. The molecule has 5 nitrogen and oxygen atoms in total. The second-order valence-electron chi connectivity index (χ2n) is 4.40. The van der Waals surface area contributed by atoms with Gasteiger partial charge in [0.05, 0.1) is 0 Å². The number of anilines is 1. The molecule has 1 rings (SSSR count). The Bertz CT molecular complexity index is 347. The van der Waals surface area contributed by atoms with Gasteiger partial charge in [-0.25, -0.2) is 4.98 Å². The van der Waals surface area contributed by atoms with Gasteiger partial charge in [-0.2, -0.15) is 9.97 Å². The summed E-state index contributed by atoms with van der Waals surface area (Å²) in [4.78, 5) is 15.1. The van der Waals surface area contributed by atoms with E-state index in [1.165, 1.54) is 0 Å². The lowest BCUT2D eigenvalue weighted by molar-refractivity contribution is 0.305. The number of hydrogen-bond acceptors (Lipinski definition) is 5. The van der Waals surface area contributed by atoms with Crippen LogP contribution in [-0.4, -0.2) is 39.5 Å². The monoisotopic (exact) mass is 237 g/mol. The van der Waals surface area contributed by atoms with Crippen molar-refractivity contribution in [1.29, 1.82) is 0 Å². The summed E-state index contributed by atoms with van der Waals surface area (Å²) < 4.78 is 0. The highest BCUT2D eigenvalue weighted by atomic mass is 15.1. The lowest BCUT2D eigenvalue weighted by Crippen LogP contribution is -2.26. The smallest absolute Gasteiger partial charge is 0.223 e. The van der Waals surface area contributed by atoms with Crippen molar-refractivity contribution in [1.82, 2.24) is 19.9 Å². The lowest BCUT2D eigenvalue weighted by Gasteiger charge is -2.17. The van der Waals surface area contributed by atoms with Crippen LogP contribution >= 0.6 is 0 Å². The number of nitrogen functional groups attached to an aromatic ring is 1. The lowest BCUT2D eigenvalue weighted by atomic mass is 10.2. The van der Waals surface area contributed by atoms with Gasteiger partial charge in [0.15, 0.2) is 0 Å². The van der Waals surface area contributed by atoms with Crippen LogP contribution in [0.25, 0.3) is 0 Å². The highest BCUT2D eigenvalue weighted by molar-refractivity contribution is 5.17. The molecule has 1 aromatic rings. The predicted molar refractivity (Wildman–Crippen MR) is 69.8 cm³/mol. The first kappa shape index (κ1) is 13.8. The summed E-state index contributed by atoms with van der Waals surface area (Å²) in [6.45, 7) is 11.5. The van der Waals surface area contributed by atoms with E-state index in [1.54, 1.807) is 0 Å². The van der Waals surface area contributed by atoms with Crippen LogP contribution in [0.2, 0.25) is 0 Å². The Kier molecular flexibility index (Phi) is 5.28. The summed E-state index contributed by atoms with van der Waals surface area (Å²) in [7, 11) is 0. The average Bonchev–Trinajstić information content (AvgIpc) is 2.29. The van der Waals surface area contributed by atoms with E-state index in [4.69, 9.17) is 5.73 Å². The van der Waals surface area contributed by atoms with Gasteiger partial charge in [-0.3, -0.25) is 0 Å². The van der Waals surface area contributed by atoms with Crippen molar-refractivity contribution in [2.75, 3.05) is 25.4 Å². The van der Waals surface area contributed by atoms with Gasteiger partial charge in [0, 0.05) is 18.9 Å². The Morgan fingerprint density at radius 1 is 1.12 bits per heavy atom. The molecule has 0 spiro atoms. The predicted octanol–water partition coefficient (Wildman–Crippen LogP) is 1.46. The molecule has 0 aromatic carbocycles. The molecule has 1 heterocycles. The first-order valence-corrected chi connectivity index (χ1v) is 6.29. The molecule has 2 N–H and O–H groups in total. The van der Waals surface area contributed by atoms with Crippen molar-refractivity contribution >= 4 is 5.95 Å². The third-order valence-corrected chi connectivity index (χ3v) is 2.78. The molecule has 5 heteroatoms. The van der Waals surface area contributed by atoms with Crippen molar-refractivity contribution < 1.29 is 0 Å². The molecule has 0 saturated carbocycles. The first-order valence-electron chi connectivity index (χ1n) is 6.29. The van der Waals surface area contributed by atoms with Crippen molar-refractivity contribution in [2.24, 2.45) is 0 Å². The van der Waals surface area contributed by atoms with Gasteiger partial charge in [0.1, 0.15) is 11.6 Å². The molecule has 0 atom stereocenters. The molecule has 0 aliphatic rings. The number of hydrogen-bond donors (Lipinski definition) is 1. The normalized spacial score (nSPS) is 11.4. The third-order valence-electron chi connectivity index (χ3n) is 2.78. The molecule has 1 aromatic heterocycles. The summed E-state index contributed by atoms with van der Waals surface area (Å²) >= 11 is 0. The van der Waals surface area contributed by atoms with Crippen LogP contribution in [0.1, 0.15) is 45.3 Å². The van der Waals surface area contributed by atoms with E-state index < -0.39 is 0 Å². The zero-order valence-corrected chi connectivity index (χ0v) is 11.3. The number of rotatable bonds is 6. The number of nitrogens with two attached hydrogens (primary N) is 1. The third kappa shape index (κ3) is 4.26. The first-order chi connectivity index (χ1) is 8.06. The molecular weight excluding hydrogens is 214 g/mol. The minimum atomic E-state index is 0.285. The molecule has 17 heavy (non-hydrogen) atoms. The molecule has 0 saturated heterocycles. The van der Waals surface area contributed by atoms with E-state index in [9.17, 15) is 0 Å². The molecule has 0 aliphatic heterocycles. The van der Waals surface area contributed by atoms with E-state index in [2.05, 4.69) is 47.5 Å². The fourth-order valence-electron chi connectivity index (χ4n) is 1.62. The fraction of sp³-hybridized carbons (Fsp3) is 0.750. The second kappa shape index (κ2) is 6.49. The van der Waals surface area contributed by atoms with Crippen LogP contribution in [0.15, 0.2) is 0 Å². The van der Waals surface area contributed by atoms with Crippen molar-refractivity contribution in [3.63, 3.8) is 0 Å². The summed E-state index contributed by atoms with van der Waals surface area (Å²) in [6.07, 6.45) is 0.828. The minimum Gasteiger partial charge on any atom is -0.368 e. The Labute approximate surface area is 103 Å². The van der Waals surface area contributed by atoms with Crippen LogP contribution in [0, 0.1) is 0 Å². The van der Waals surface area contributed by atoms with Gasteiger partial charge in [-0.15, -0.1) is 0 Å². The number of nitrogens with zero attached hydrogens (tertiary/aromatic N) is 4. The fourth-order valence-corrected chi connectivity index (χ4v) is 1.62. The van der Waals surface area contributed by atoms with Crippen LogP contribution in [0.3, 0.4) is 0 Å². The average molecular weight is 237 g/mol.